The third-order valence-electron chi connectivity index (χ3n) is 3.11. The Balaban J connectivity index is 2.32. The highest BCUT2D eigenvalue weighted by Crippen LogP contribution is 2.51. The van der Waals surface area contributed by atoms with Gasteiger partial charge >= 0.3 is 0 Å². The van der Waals surface area contributed by atoms with E-state index >= 15 is 0 Å². The molecular formula is C12H14FNO2. The van der Waals surface area contributed by atoms with Gasteiger partial charge in [-0.25, -0.2) is 9.45 Å². The molecule has 2 atom stereocenters. The van der Waals surface area contributed by atoms with E-state index in [4.69, 9.17) is 4.84 Å². The van der Waals surface area contributed by atoms with Gasteiger partial charge in [-0.3, -0.25) is 9.63 Å². The average Bonchev–Trinajstić information content (AvgIpc) is 3.01. The summed E-state index contributed by atoms with van der Waals surface area (Å²) in [5.41, 5.74) is -0.303. The Morgan fingerprint density at radius 1 is 1.50 bits per heavy atom. The van der Waals surface area contributed by atoms with Gasteiger partial charge < -0.3 is 0 Å². The van der Waals surface area contributed by atoms with E-state index in [2.05, 4.69) is 0 Å². The first kappa shape index (κ1) is 11.1. The van der Waals surface area contributed by atoms with Crippen molar-refractivity contribution >= 4 is 5.91 Å². The minimum absolute atomic E-state index is 0.240. The highest BCUT2D eigenvalue weighted by Gasteiger charge is 2.63. The number of benzene rings is 1. The third-order valence-corrected chi connectivity index (χ3v) is 3.11. The van der Waals surface area contributed by atoms with E-state index in [-0.39, 0.29) is 12.3 Å². The van der Waals surface area contributed by atoms with Crippen LogP contribution in [0.4, 0.5) is 4.39 Å². The zero-order valence-electron chi connectivity index (χ0n) is 9.31. The maximum atomic E-state index is 13.6. The summed E-state index contributed by atoms with van der Waals surface area (Å²) in [5.74, 6) is -0.325. The van der Waals surface area contributed by atoms with E-state index in [0.29, 0.717) is 0 Å². The molecule has 16 heavy (non-hydrogen) atoms. The van der Waals surface area contributed by atoms with Crippen molar-refractivity contribution in [1.29, 1.82) is 0 Å². The standard InChI is InChI=1S/C12H14FNO2/c1-14(16-2)11(15)12(8-10(12)13)9-6-4-3-5-7-9/h3-7,10H,8H2,1-2H3. The van der Waals surface area contributed by atoms with Crippen molar-refractivity contribution in [3.63, 3.8) is 0 Å². The number of carbonyl (C=O) groups is 1. The number of hydrogen-bond acceptors (Lipinski definition) is 2. The van der Waals surface area contributed by atoms with Crippen LogP contribution in [0.15, 0.2) is 30.3 Å². The van der Waals surface area contributed by atoms with Crippen molar-refractivity contribution in [3.8, 4) is 0 Å². The quantitative estimate of drug-likeness (QED) is 0.730. The Kier molecular flexibility index (Phi) is 2.68. The number of amides is 1. The predicted octanol–water partition coefficient (Wildman–Crippen LogP) is 1.69. The summed E-state index contributed by atoms with van der Waals surface area (Å²) in [4.78, 5) is 16.9. The molecule has 1 fully saturated rings. The molecule has 0 radical (unpaired) electrons. The maximum Gasteiger partial charge on any atom is 0.259 e. The van der Waals surface area contributed by atoms with Gasteiger partial charge in [0.1, 0.15) is 11.6 Å². The van der Waals surface area contributed by atoms with Crippen molar-refractivity contribution in [2.75, 3.05) is 14.2 Å². The summed E-state index contributed by atoms with van der Waals surface area (Å²) in [6, 6.07) is 9.02. The first-order valence-corrected chi connectivity index (χ1v) is 5.15. The number of likely N-dealkylation sites (N-methyl/N-ethyl adjacent to an activating group) is 1. The van der Waals surface area contributed by atoms with E-state index in [0.717, 1.165) is 10.6 Å². The number of hydroxylamine groups is 2. The highest BCUT2D eigenvalue weighted by molar-refractivity contribution is 5.91. The smallest absolute Gasteiger partial charge is 0.259 e. The van der Waals surface area contributed by atoms with Crippen molar-refractivity contribution in [1.82, 2.24) is 5.06 Å². The zero-order valence-corrected chi connectivity index (χ0v) is 9.31. The molecule has 2 rings (SSSR count). The van der Waals surface area contributed by atoms with Crippen LogP contribution in [0.3, 0.4) is 0 Å². The first-order valence-electron chi connectivity index (χ1n) is 5.15. The summed E-state index contributed by atoms with van der Waals surface area (Å²) in [6.45, 7) is 0. The second-order valence-electron chi connectivity index (χ2n) is 3.99. The third kappa shape index (κ3) is 1.50. The van der Waals surface area contributed by atoms with Crippen LogP contribution in [0.25, 0.3) is 0 Å². The maximum absolute atomic E-state index is 13.6. The van der Waals surface area contributed by atoms with E-state index in [1.165, 1.54) is 14.2 Å². The van der Waals surface area contributed by atoms with E-state index < -0.39 is 11.6 Å². The van der Waals surface area contributed by atoms with E-state index in [1.807, 2.05) is 18.2 Å². The lowest BCUT2D eigenvalue weighted by Crippen LogP contribution is -2.37. The Bertz CT molecular complexity index is 395. The number of rotatable bonds is 3. The van der Waals surface area contributed by atoms with Gasteiger partial charge in [-0.2, -0.15) is 0 Å². The Labute approximate surface area is 93.8 Å². The molecule has 1 aromatic rings. The lowest BCUT2D eigenvalue weighted by atomic mass is 9.95. The average molecular weight is 223 g/mol. The molecule has 2 unspecified atom stereocenters. The zero-order chi connectivity index (χ0) is 11.8. The van der Waals surface area contributed by atoms with Gasteiger partial charge in [-0.1, -0.05) is 30.3 Å². The first-order chi connectivity index (χ1) is 7.63. The van der Waals surface area contributed by atoms with Crippen LogP contribution in [-0.4, -0.2) is 31.3 Å². The molecule has 0 saturated heterocycles. The molecule has 3 nitrogen and oxygen atoms in total. The number of nitrogens with zero attached hydrogens (tertiary/aromatic N) is 1. The monoisotopic (exact) mass is 223 g/mol. The lowest BCUT2D eigenvalue weighted by molar-refractivity contribution is -0.172. The van der Waals surface area contributed by atoms with Crippen LogP contribution < -0.4 is 0 Å². The van der Waals surface area contributed by atoms with Gasteiger partial charge in [0.2, 0.25) is 0 Å². The SMILES string of the molecule is CON(C)C(=O)C1(c2ccccc2)CC1F. The molecule has 0 spiro atoms. The second kappa shape index (κ2) is 3.87. The van der Waals surface area contributed by atoms with Gasteiger partial charge in [-0.15, -0.1) is 0 Å². The van der Waals surface area contributed by atoms with Crippen LogP contribution >= 0.6 is 0 Å². The summed E-state index contributed by atoms with van der Waals surface area (Å²) >= 11 is 0. The summed E-state index contributed by atoms with van der Waals surface area (Å²) in [7, 11) is 2.89. The Morgan fingerprint density at radius 2 is 2.06 bits per heavy atom. The normalized spacial score (nSPS) is 27.6. The van der Waals surface area contributed by atoms with Gasteiger partial charge in [-0.05, 0) is 5.56 Å². The number of halogens is 1. The fourth-order valence-electron chi connectivity index (χ4n) is 1.97. The Hall–Kier alpha value is -1.42. The molecular weight excluding hydrogens is 209 g/mol. The van der Waals surface area contributed by atoms with Crippen LogP contribution in [0.5, 0.6) is 0 Å². The molecule has 0 N–H and O–H groups in total. The van der Waals surface area contributed by atoms with Gasteiger partial charge in [0.05, 0.1) is 7.11 Å². The summed E-state index contributed by atoms with van der Waals surface area (Å²) < 4.78 is 13.6. The van der Waals surface area contributed by atoms with Crippen LogP contribution in [0, 0.1) is 0 Å². The number of alkyl halides is 1. The fourth-order valence-corrected chi connectivity index (χ4v) is 1.97. The molecule has 0 bridgehead atoms. The predicted molar refractivity (Wildman–Crippen MR) is 57.4 cm³/mol. The fraction of sp³-hybridized carbons (Fsp3) is 0.417. The molecule has 4 heteroatoms. The van der Waals surface area contributed by atoms with Crippen molar-refractivity contribution in [2.24, 2.45) is 0 Å². The van der Waals surface area contributed by atoms with Crippen LogP contribution in [0.1, 0.15) is 12.0 Å². The van der Waals surface area contributed by atoms with Gasteiger partial charge in [0, 0.05) is 13.5 Å². The largest absolute Gasteiger partial charge is 0.275 e. The number of hydrogen-bond donors (Lipinski definition) is 0. The molecule has 0 heterocycles. The van der Waals surface area contributed by atoms with Crippen molar-refractivity contribution in [3.05, 3.63) is 35.9 Å². The molecule has 0 aliphatic heterocycles. The topological polar surface area (TPSA) is 29.5 Å². The second-order valence-corrected chi connectivity index (χ2v) is 3.99. The summed E-state index contributed by atoms with van der Waals surface area (Å²) in [5, 5.41) is 1.09. The van der Waals surface area contributed by atoms with Crippen molar-refractivity contribution in [2.45, 2.75) is 18.0 Å². The molecule has 1 aliphatic carbocycles. The molecule has 0 aromatic heterocycles. The summed E-state index contributed by atoms with van der Waals surface area (Å²) in [6.07, 6.45) is -0.871. The van der Waals surface area contributed by atoms with E-state index in [1.54, 1.807) is 12.1 Å². The van der Waals surface area contributed by atoms with Gasteiger partial charge in [0.25, 0.3) is 5.91 Å². The molecule has 86 valence electrons. The lowest BCUT2D eigenvalue weighted by Gasteiger charge is -2.21. The minimum Gasteiger partial charge on any atom is -0.275 e. The Morgan fingerprint density at radius 3 is 2.50 bits per heavy atom. The minimum atomic E-state index is -1.11. The highest BCUT2D eigenvalue weighted by atomic mass is 19.1. The molecule has 1 saturated carbocycles. The van der Waals surface area contributed by atoms with Crippen LogP contribution in [-0.2, 0) is 15.0 Å². The van der Waals surface area contributed by atoms with Gasteiger partial charge in [0.15, 0.2) is 0 Å². The van der Waals surface area contributed by atoms with Crippen LogP contribution in [0.2, 0.25) is 0 Å². The number of carbonyl (C=O) groups excluding carboxylic acids is 1. The molecule has 1 aromatic carbocycles. The van der Waals surface area contributed by atoms with E-state index in [9.17, 15) is 9.18 Å². The van der Waals surface area contributed by atoms with Crippen molar-refractivity contribution < 1.29 is 14.0 Å². The molecule has 1 aliphatic rings. The molecule has 1 amide bonds.